The average Bonchev–Trinajstić information content (AvgIpc) is 3.02. The van der Waals surface area contributed by atoms with Gasteiger partial charge in [0.1, 0.15) is 0 Å². The second-order valence-corrected chi connectivity index (χ2v) is 8.67. The minimum absolute atomic E-state index is 0.0228. The first-order chi connectivity index (χ1) is 12.9. The highest BCUT2D eigenvalue weighted by molar-refractivity contribution is 7.91. The number of halogens is 1. The third kappa shape index (κ3) is 3.91. The van der Waals surface area contributed by atoms with Gasteiger partial charge in [-0.25, -0.2) is 13.1 Å². The van der Waals surface area contributed by atoms with Crippen LogP contribution in [0.15, 0.2) is 54.6 Å². The van der Waals surface area contributed by atoms with Crippen molar-refractivity contribution in [1.82, 2.24) is 14.8 Å². The van der Waals surface area contributed by atoms with Gasteiger partial charge in [-0.2, -0.15) is 4.98 Å². The summed E-state index contributed by atoms with van der Waals surface area (Å²) in [5, 5.41) is 8.38. The second kappa shape index (κ2) is 6.86. The zero-order chi connectivity index (χ0) is 19.0. The molecule has 1 aromatic heterocycles. The lowest BCUT2D eigenvalue weighted by molar-refractivity contribution is 0.431. The van der Waals surface area contributed by atoms with Crippen LogP contribution in [0.5, 0.6) is 0 Å². The third-order valence-electron chi connectivity index (χ3n) is 4.42. The van der Waals surface area contributed by atoms with Crippen molar-refractivity contribution in [2.45, 2.75) is 18.5 Å². The van der Waals surface area contributed by atoms with E-state index in [9.17, 15) is 8.42 Å². The van der Waals surface area contributed by atoms with Gasteiger partial charge in [-0.15, -0.1) is 5.10 Å². The highest BCUT2D eigenvalue weighted by Gasteiger charge is 2.31. The molecule has 27 heavy (non-hydrogen) atoms. The Morgan fingerprint density at radius 1 is 1.11 bits per heavy atom. The molecule has 1 aliphatic rings. The van der Waals surface area contributed by atoms with Crippen molar-refractivity contribution in [1.29, 1.82) is 0 Å². The molecule has 2 atom stereocenters. The molecule has 0 radical (unpaired) electrons. The lowest BCUT2D eigenvalue weighted by atomic mass is 9.93. The van der Waals surface area contributed by atoms with Gasteiger partial charge in [0.05, 0.1) is 18.3 Å². The zero-order valence-corrected chi connectivity index (χ0v) is 16.1. The standard InChI is InChI=1S/C18H18ClN5O2S/c1-27(25,26)23-17-21-18-20-15(12-5-3-2-4-6-12)11-16(24(18)22-17)13-7-9-14(19)10-8-13/h2-10,15-16H,11H2,1H3,(H2,20,21,22,23)/t15-,16+/m1/s1. The highest BCUT2D eigenvalue weighted by atomic mass is 35.5. The minimum atomic E-state index is -3.46. The second-order valence-electron chi connectivity index (χ2n) is 6.49. The van der Waals surface area contributed by atoms with Crippen molar-refractivity contribution < 1.29 is 8.42 Å². The number of aromatic nitrogens is 3. The Balaban J connectivity index is 1.76. The molecule has 9 heteroatoms. The van der Waals surface area contributed by atoms with Gasteiger partial charge in [0, 0.05) is 5.02 Å². The lowest BCUT2D eigenvalue weighted by Crippen LogP contribution is -2.28. The van der Waals surface area contributed by atoms with Gasteiger partial charge < -0.3 is 5.32 Å². The van der Waals surface area contributed by atoms with E-state index in [2.05, 4.69) is 32.3 Å². The van der Waals surface area contributed by atoms with Gasteiger partial charge in [-0.3, -0.25) is 4.72 Å². The number of hydrogen-bond donors (Lipinski definition) is 2. The first-order valence-electron chi connectivity index (χ1n) is 8.40. The summed E-state index contributed by atoms with van der Waals surface area (Å²) in [5.41, 5.74) is 2.15. The summed E-state index contributed by atoms with van der Waals surface area (Å²) >= 11 is 6.03. The molecule has 2 heterocycles. The van der Waals surface area contributed by atoms with E-state index in [4.69, 9.17) is 11.6 Å². The molecule has 0 unspecified atom stereocenters. The summed E-state index contributed by atoms with van der Waals surface area (Å²) in [7, 11) is -3.46. The van der Waals surface area contributed by atoms with Crippen LogP contribution >= 0.6 is 11.6 Å². The van der Waals surface area contributed by atoms with Crippen LogP contribution < -0.4 is 10.0 Å². The highest BCUT2D eigenvalue weighted by Crippen LogP contribution is 2.38. The average molecular weight is 404 g/mol. The molecular weight excluding hydrogens is 386 g/mol. The van der Waals surface area contributed by atoms with E-state index in [1.165, 1.54) is 0 Å². The molecule has 0 saturated carbocycles. The Kier molecular flexibility index (Phi) is 4.53. The van der Waals surface area contributed by atoms with Gasteiger partial charge in [0.2, 0.25) is 16.0 Å². The molecule has 2 N–H and O–H groups in total. The Hall–Kier alpha value is -2.58. The van der Waals surface area contributed by atoms with Crippen molar-refractivity contribution in [2.75, 3.05) is 16.3 Å². The van der Waals surface area contributed by atoms with Crippen LogP contribution in [0.4, 0.5) is 11.9 Å². The number of hydrogen-bond acceptors (Lipinski definition) is 5. The molecule has 140 valence electrons. The number of benzene rings is 2. The number of anilines is 2. The van der Waals surface area contributed by atoms with Crippen molar-refractivity contribution in [3.63, 3.8) is 0 Å². The molecule has 0 saturated heterocycles. The van der Waals surface area contributed by atoms with E-state index in [-0.39, 0.29) is 18.0 Å². The summed E-state index contributed by atoms with van der Waals surface area (Å²) in [5.74, 6) is 0.564. The number of nitrogens with one attached hydrogen (secondary N) is 2. The number of fused-ring (bicyclic) bond motifs is 1. The van der Waals surface area contributed by atoms with E-state index in [0.717, 1.165) is 23.8 Å². The fourth-order valence-corrected chi connectivity index (χ4v) is 3.80. The summed E-state index contributed by atoms with van der Waals surface area (Å²) in [6.45, 7) is 0. The van der Waals surface area contributed by atoms with Gasteiger partial charge in [-0.05, 0) is 29.7 Å². The van der Waals surface area contributed by atoms with Crippen LogP contribution in [0.2, 0.25) is 5.02 Å². The largest absolute Gasteiger partial charge is 0.347 e. The van der Waals surface area contributed by atoms with E-state index in [0.29, 0.717) is 11.0 Å². The summed E-state index contributed by atoms with van der Waals surface area (Å²) in [4.78, 5) is 4.33. The summed E-state index contributed by atoms with van der Waals surface area (Å²) < 4.78 is 27.2. The van der Waals surface area contributed by atoms with Crippen molar-refractivity contribution in [3.05, 3.63) is 70.7 Å². The Labute approximate surface area is 162 Å². The van der Waals surface area contributed by atoms with Gasteiger partial charge in [0.25, 0.3) is 5.95 Å². The van der Waals surface area contributed by atoms with Gasteiger partial charge in [0.15, 0.2) is 0 Å². The van der Waals surface area contributed by atoms with Crippen LogP contribution in [0.1, 0.15) is 29.6 Å². The molecule has 7 nitrogen and oxygen atoms in total. The molecule has 1 aliphatic heterocycles. The maximum absolute atomic E-state index is 11.6. The first kappa shape index (κ1) is 17.8. The lowest BCUT2D eigenvalue weighted by Gasteiger charge is -2.31. The van der Waals surface area contributed by atoms with Crippen LogP contribution in [0, 0.1) is 0 Å². The van der Waals surface area contributed by atoms with Crippen molar-refractivity contribution in [2.24, 2.45) is 0 Å². The smallest absolute Gasteiger partial charge is 0.257 e. The van der Waals surface area contributed by atoms with Crippen LogP contribution in [0.25, 0.3) is 0 Å². The van der Waals surface area contributed by atoms with Crippen LogP contribution in [0.3, 0.4) is 0 Å². The van der Waals surface area contributed by atoms with E-state index >= 15 is 0 Å². The topological polar surface area (TPSA) is 88.9 Å². The fraction of sp³-hybridized carbons (Fsp3) is 0.222. The Bertz CT molecular complexity index is 1050. The summed E-state index contributed by atoms with van der Waals surface area (Å²) in [6.07, 6.45) is 1.81. The molecule has 0 aliphatic carbocycles. The maximum atomic E-state index is 11.6. The van der Waals surface area contributed by atoms with Gasteiger partial charge in [-0.1, -0.05) is 54.1 Å². The first-order valence-corrected chi connectivity index (χ1v) is 10.7. The predicted octanol–water partition coefficient (Wildman–Crippen LogP) is 3.45. The molecule has 3 aromatic rings. The van der Waals surface area contributed by atoms with Crippen molar-refractivity contribution in [3.8, 4) is 0 Å². The molecule has 0 bridgehead atoms. The molecule has 2 aromatic carbocycles. The fourth-order valence-electron chi connectivity index (χ4n) is 3.25. The predicted molar refractivity (Wildman–Crippen MR) is 106 cm³/mol. The monoisotopic (exact) mass is 403 g/mol. The third-order valence-corrected chi connectivity index (χ3v) is 5.23. The Morgan fingerprint density at radius 2 is 1.81 bits per heavy atom. The van der Waals surface area contributed by atoms with E-state index in [1.54, 1.807) is 4.68 Å². The maximum Gasteiger partial charge on any atom is 0.257 e. The molecule has 0 amide bonds. The number of sulfonamides is 1. The minimum Gasteiger partial charge on any atom is -0.347 e. The molecule has 0 spiro atoms. The zero-order valence-electron chi connectivity index (χ0n) is 14.5. The Morgan fingerprint density at radius 3 is 2.48 bits per heavy atom. The van der Waals surface area contributed by atoms with Crippen LogP contribution in [-0.2, 0) is 10.0 Å². The summed E-state index contributed by atoms with van der Waals surface area (Å²) in [6, 6.07) is 17.6. The molecular formula is C18H18ClN5O2S. The molecule has 4 rings (SSSR count). The van der Waals surface area contributed by atoms with E-state index < -0.39 is 10.0 Å². The quantitative estimate of drug-likeness (QED) is 0.696. The SMILES string of the molecule is CS(=O)(=O)Nc1nc2n(n1)[C@H](c1ccc(Cl)cc1)C[C@H](c1ccccc1)N2. The normalized spacial score (nSPS) is 19.2. The van der Waals surface area contributed by atoms with Gasteiger partial charge >= 0.3 is 0 Å². The number of rotatable bonds is 4. The van der Waals surface area contributed by atoms with Crippen molar-refractivity contribution >= 4 is 33.5 Å². The van der Waals surface area contributed by atoms with Crippen LogP contribution in [-0.4, -0.2) is 29.4 Å². The molecule has 0 fully saturated rings. The van der Waals surface area contributed by atoms with E-state index in [1.807, 2.05) is 42.5 Å². The number of nitrogens with zero attached hydrogens (tertiary/aromatic N) is 3.